The fraction of sp³-hybridized carbons (Fsp3) is 0.120. The van der Waals surface area contributed by atoms with Crippen LogP contribution in [0.3, 0.4) is 0 Å². The SMILES string of the molecule is Cc1cc(C)c(-n2ccnc2-c2[c-]cc3ncn(-c4ccccc4)c3c2)c(C)c1.[Ir]. The monoisotopic (exact) mass is 570 g/mol. The molecule has 2 aromatic heterocycles. The van der Waals surface area contributed by atoms with Crippen molar-refractivity contribution in [3.05, 3.63) is 96.1 Å². The molecule has 0 saturated heterocycles. The molecule has 0 fully saturated rings. The van der Waals surface area contributed by atoms with Crippen LogP contribution in [0.2, 0.25) is 0 Å². The minimum absolute atomic E-state index is 0. The number of para-hydroxylation sites is 1. The van der Waals surface area contributed by atoms with Gasteiger partial charge in [-0.1, -0.05) is 35.9 Å². The summed E-state index contributed by atoms with van der Waals surface area (Å²) in [5.41, 5.74) is 8.89. The molecule has 2 heterocycles. The summed E-state index contributed by atoms with van der Waals surface area (Å²) in [6, 6.07) is 22.1. The number of nitrogens with zero attached hydrogens (tertiary/aromatic N) is 4. The van der Waals surface area contributed by atoms with Crippen LogP contribution in [0.1, 0.15) is 16.7 Å². The van der Waals surface area contributed by atoms with Crippen molar-refractivity contribution in [1.82, 2.24) is 19.1 Å². The van der Waals surface area contributed by atoms with E-state index >= 15 is 0 Å². The Bertz CT molecular complexity index is 1310. The summed E-state index contributed by atoms with van der Waals surface area (Å²) in [6.45, 7) is 6.43. The molecule has 5 heteroatoms. The molecule has 3 aromatic carbocycles. The van der Waals surface area contributed by atoms with Crippen molar-refractivity contribution in [1.29, 1.82) is 0 Å². The van der Waals surface area contributed by atoms with Gasteiger partial charge >= 0.3 is 0 Å². The molecule has 0 aliphatic heterocycles. The predicted molar refractivity (Wildman–Crippen MR) is 117 cm³/mol. The third-order valence-electron chi connectivity index (χ3n) is 5.27. The van der Waals surface area contributed by atoms with Crippen molar-refractivity contribution in [2.75, 3.05) is 0 Å². The van der Waals surface area contributed by atoms with Gasteiger partial charge in [0.1, 0.15) is 0 Å². The number of aryl methyl sites for hydroxylation is 3. The summed E-state index contributed by atoms with van der Waals surface area (Å²) < 4.78 is 4.26. The summed E-state index contributed by atoms with van der Waals surface area (Å²) in [7, 11) is 0. The molecule has 0 aliphatic rings. The molecule has 0 saturated carbocycles. The standard InChI is InChI=1S/C25H21N4.Ir/c1-17-13-18(2)24(19(3)14-17)28-12-11-26-25(28)20-9-10-22-23(15-20)29(16-27-22)21-7-5-4-6-8-21;/h4-8,10-16H,1-3H3;/q-1;. The van der Waals surface area contributed by atoms with E-state index < -0.39 is 0 Å². The van der Waals surface area contributed by atoms with E-state index in [9.17, 15) is 0 Å². The van der Waals surface area contributed by atoms with Crippen molar-refractivity contribution in [2.45, 2.75) is 20.8 Å². The second-order valence-electron chi connectivity index (χ2n) is 7.44. The van der Waals surface area contributed by atoms with Gasteiger partial charge in [0, 0.05) is 49.4 Å². The van der Waals surface area contributed by atoms with Gasteiger partial charge in [-0.2, -0.15) is 0 Å². The van der Waals surface area contributed by atoms with Gasteiger partial charge in [0.25, 0.3) is 0 Å². The molecule has 0 amide bonds. The molecule has 4 nitrogen and oxygen atoms in total. The maximum atomic E-state index is 4.66. The van der Waals surface area contributed by atoms with E-state index in [0.717, 1.165) is 28.1 Å². The first kappa shape index (κ1) is 20.3. The summed E-state index contributed by atoms with van der Waals surface area (Å²) in [5, 5.41) is 0. The number of aromatic nitrogens is 4. The number of hydrogen-bond donors (Lipinski definition) is 0. The minimum Gasteiger partial charge on any atom is -0.340 e. The average molecular weight is 570 g/mol. The first-order chi connectivity index (χ1) is 14.1. The predicted octanol–water partition coefficient (Wildman–Crippen LogP) is 5.60. The van der Waals surface area contributed by atoms with Crippen LogP contribution in [-0.2, 0) is 20.1 Å². The first-order valence-electron chi connectivity index (χ1n) is 9.68. The fourth-order valence-electron chi connectivity index (χ4n) is 4.11. The van der Waals surface area contributed by atoms with Gasteiger partial charge in [0.15, 0.2) is 0 Å². The molecule has 0 aliphatic carbocycles. The smallest absolute Gasteiger partial charge is 0.0881 e. The topological polar surface area (TPSA) is 35.6 Å². The third-order valence-corrected chi connectivity index (χ3v) is 5.27. The van der Waals surface area contributed by atoms with E-state index in [0.29, 0.717) is 0 Å². The summed E-state index contributed by atoms with van der Waals surface area (Å²) in [6.07, 6.45) is 5.73. The van der Waals surface area contributed by atoms with Crippen molar-refractivity contribution in [3.8, 4) is 22.8 Å². The second-order valence-corrected chi connectivity index (χ2v) is 7.44. The summed E-state index contributed by atoms with van der Waals surface area (Å²) in [5.74, 6) is 0.878. The molecule has 5 aromatic rings. The normalized spacial score (nSPS) is 10.9. The molecule has 5 rings (SSSR count). The average Bonchev–Trinajstić information content (AvgIpc) is 3.34. The molecule has 0 atom stereocenters. The summed E-state index contributed by atoms with van der Waals surface area (Å²) in [4.78, 5) is 9.20. The van der Waals surface area contributed by atoms with Gasteiger partial charge in [0.2, 0.25) is 0 Å². The fourth-order valence-corrected chi connectivity index (χ4v) is 4.11. The van der Waals surface area contributed by atoms with Crippen LogP contribution in [0.4, 0.5) is 0 Å². The van der Waals surface area contributed by atoms with Gasteiger partial charge in [-0.15, -0.1) is 23.8 Å². The maximum absolute atomic E-state index is 4.66. The zero-order valence-electron chi connectivity index (χ0n) is 17.1. The van der Waals surface area contributed by atoms with Crippen molar-refractivity contribution >= 4 is 11.0 Å². The molecule has 30 heavy (non-hydrogen) atoms. The van der Waals surface area contributed by atoms with Crippen LogP contribution in [0, 0.1) is 26.8 Å². The first-order valence-corrected chi connectivity index (χ1v) is 9.68. The van der Waals surface area contributed by atoms with Crippen LogP contribution in [-0.4, -0.2) is 19.1 Å². The van der Waals surface area contributed by atoms with Crippen LogP contribution < -0.4 is 0 Å². The number of benzene rings is 3. The van der Waals surface area contributed by atoms with E-state index in [4.69, 9.17) is 0 Å². The Morgan fingerprint density at radius 1 is 0.867 bits per heavy atom. The summed E-state index contributed by atoms with van der Waals surface area (Å²) >= 11 is 0. The number of hydrogen-bond acceptors (Lipinski definition) is 2. The van der Waals surface area contributed by atoms with Crippen LogP contribution in [0.15, 0.2) is 73.3 Å². The van der Waals surface area contributed by atoms with Crippen LogP contribution in [0.25, 0.3) is 33.8 Å². The third kappa shape index (κ3) is 3.40. The molecule has 1 radical (unpaired) electrons. The van der Waals surface area contributed by atoms with E-state index in [1.54, 1.807) is 0 Å². The van der Waals surface area contributed by atoms with Gasteiger partial charge in [0.05, 0.1) is 12.2 Å². The molecular weight excluding hydrogens is 549 g/mol. The van der Waals surface area contributed by atoms with Crippen LogP contribution in [0.5, 0.6) is 0 Å². The Balaban J connectivity index is 0.00000218. The Kier molecular flexibility index (Phi) is 5.42. The molecule has 0 N–H and O–H groups in total. The molecular formula is C25H21IrN4-. The molecule has 151 valence electrons. The Labute approximate surface area is 189 Å². The Hall–Kier alpha value is -3.01. The largest absolute Gasteiger partial charge is 0.340 e. The van der Waals surface area contributed by atoms with Gasteiger partial charge in [-0.05, 0) is 49.5 Å². The van der Waals surface area contributed by atoms with Crippen LogP contribution >= 0.6 is 0 Å². The number of rotatable bonds is 3. The molecule has 0 unspecified atom stereocenters. The number of fused-ring (bicyclic) bond motifs is 1. The van der Waals surface area contributed by atoms with Crippen molar-refractivity contribution < 1.29 is 20.1 Å². The minimum atomic E-state index is 0. The Morgan fingerprint density at radius 2 is 1.60 bits per heavy atom. The zero-order valence-corrected chi connectivity index (χ0v) is 19.4. The van der Waals surface area contributed by atoms with E-state index in [1.807, 2.05) is 43.0 Å². The zero-order chi connectivity index (χ0) is 20.0. The second kappa shape index (κ2) is 8.02. The Morgan fingerprint density at radius 3 is 2.33 bits per heavy atom. The van der Waals surface area contributed by atoms with E-state index in [2.05, 4.69) is 76.3 Å². The van der Waals surface area contributed by atoms with E-state index in [1.165, 1.54) is 22.4 Å². The van der Waals surface area contributed by atoms with Gasteiger partial charge in [-0.3, -0.25) is 9.97 Å². The van der Waals surface area contributed by atoms with Gasteiger partial charge < -0.3 is 9.13 Å². The maximum Gasteiger partial charge on any atom is 0.0881 e. The van der Waals surface area contributed by atoms with Crippen molar-refractivity contribution in [3.63, 3.8) is 0 Å². The number of imidazole rings is 2. The molecule has 0 spiro atoms. The van der Waals surface area contributed by atoms with E-state index in [-0.39, 0.29) is 20.1 Å². The molecule has 0 bridgehead atoms. The quantitative estimate of drug-likeness (QED) is 0.265. The van der Waals surface area contributed by atoms with Gasteiger partial charge in [-0.25, -0.2) is 0 Å². The van der Waals surface area contributed by atoms with Crippen molar-refractivity contribution in [2.24, 2.45) is 0 Å².